The fraction of sp³-hybridized carbons (Fsp3) is 0.520. The van der Waals surface area contributed by atoms with Gasteiger partial charge in [0.15, 0.2) is 0 Å². The molecular formula is C25H31N5O4S2. The molecule has 11 heteroatoms. The van der Waals surface area contributed by atoms with E-state index in [9.17, 15) is 9.59 Å². The number of amides is 1. The van der Waals surface area contributed by atoms with Gasteiger partial charge in [0.05, 0.1) is 36.3 Å². The fourth-order valence-corrected chi connectivity index (χ4v) is 5.95. The van der Waals surface area contributed by atoms with Gasteiger partial charge in [0.1, 0.15) is 15.8 Å². The van der Waals surface area contributed by atoms with Crippen LogP contribution in [0, 0.1) is 6.92 Å². The summed E-state index contributed by atoms with van der Waals surface area (Å²) >= 11 is 6.72. The van der Waals surface area contributed by atoms with Gasteiger partial charge in [-0.1, -0.05) is 30.0 Å². The highest BCUT2D eigenvalue weighted by atomic mass is 32.2. The summed E-state index contributed by atoms with van der Waals surface area (Å²) in [5.41, 5.74) is 1.65. The summed E-state index contributed by atoms with van der Waals surface area (Å²) in [6, 6.07) is 3.76. The van der Waals surface area contributed by atoms with E-state index in [1.807, 2.05) is 19.1 Å². The van der Waals surface area contributed by atoms with Gasteiger partial charge < -0.3 is 14.8 Å². The maximum Gasteiger partial charge on any atom is 0.267 e. The average molecular weight is 530 g/mol. The summed E-state index contributed by atoms with van der Waals surface area (Å²) < 4.78 is 13.1. The number of thiocarbonyl (C=S) groups is 1. The molecule has 9 nitrogen and oxygen atoms in total. The SMILES string of the molecule is Cc1cccn2c(=O)c(/C=C3\SC(=S)N(C[C@@H]4CCCO4)C3=O)c(NCCCN3CCOCC3)nc12. The Morgan fingerprint density at radius 3 is 2.89 bits per heavy atom. The molecule has 0 spiro atoms. The number of anilines is 1. The topological polar surface area (TPSA) is 88.4 Å². The molecule has 0 saturated carbocycles. The van der Waals surface area contributed by atoms with Gasteiger partial charge in [-0.25, -0.2) is 4.98 Å². The van der Waals surface area contributed by atoms with Gasteiger partial charge in [-0.05, 0) is 50.4 Å². The number of nitrogens with one attached hydrogen (secondary N) is 1. The van der Waals surface area contributed by atoms with Crippen molar-refractivity contribution in [3.8, 4) is 0 Å². The van der Waals surface area contributed by atoms with Crippen LogP contribution in [0.4, 0.5) is 5.82 Å². The van der Waals surface area contributed by atoms with Crippen molar-refractivity contribution in [1.29, 1.82) is 0 Å². The lowest BCUT2D eigenvalue weighted by atomic mass is 10.2. The Morgan fingerprint density at radius 2 is 2.11 bits per heavy atom. The van der Waals surface area contributed by atoms with Crippen LogP contribution >= 0.6 is 24.0 Å². The van der Waals surface area contributed by atoms with E-state index in [1.165, 1.54) is 16.2 Å². The summed E-state index contributed by atoms with van der Waals surface area (Å²) in [5.74, 6) is 0.299. The fourth-order valence-electron chi connectivity index (χ4n) is 4.69. The smallest absolute Gasteiger partial charge is 0.267 e. The van der Waals surface area contributed by atoms with Crippen LogP contribution in [0.25, 0.3) is 11.7 Å². The van der Waals surface area contributed by atoms with Crippen LogP contribution < -0.4 is 10.9 Å². The van der Waals surface area contributed by atoms with Crippen molar-refractivity contribution in [3.63, 3.8) is 0 Å². The highest BCUT2D eigenvalue weighted by Crippen LogP contribution is 2.34. The number of hydrogen-bond acceptors (Lipinski definition) is 9. The Bertz CT molecular complexity index is 1230. The Labute approximate surface area is 219 Å². The van der Waals surface area contributed by atoms with Crippen molar-refractivity contribution in [2.45, 2.75) is 32.3 Å². The second-order valence-electron chi connectivity index (χ2n) is 9.23. The highest BCUT2D eigenvalue weighted by Gasteiger charge is 2.35. The third-order valence-electron chi connectivity index (χ3n) is 6.69. The minimum Gasteiger partial charge on any atom is -0.379 e. The average Bonchev–Trinajstić information content (AvgIpc) is 3.49. The molecule has 0 unspecified atom stereocenters. The number of fused-ring (bicyclic) bond motifs is 1. The van der Waals surface area contributed by atoms with E-state index in [0.29, 0.717) is 39.3 Å². The summed E-state index contributed by atoms with van der Waals surface area (Å²) in [7, 11) is 0. The van der Waals surface area contributed by atoms with Crippen molar-refractivity contribution in [1.82, 2.24) is 19.2 Å². The minimum atomic E-state index is -0.219. The van der Waals surface area contributed by atoms with Gasteiger partial charge in [-0.2, -0.15) is 0 Å². The third-order valence-corrected chi connectivity index (χ3v) is 8.07. The maximum absolute atomic E-state index is 13.5. The number of carbonyl (C=O) groups excluding carboxylic acids is 1. The van der Waals surface area contributed by atoms with Crippen molar-refractivity contribution < 1.29 is 14.3 Å². The van der Waals surface area contributed by atoms with Crippen LogP contribution in [0.5, 0.6) is 0 Å². The molecule has 192 valence electrons. The van der Waals surface area contributed by atoms with E-state index >= 15 is 0 Å². The largest absolute Gasteiger partial charge is 0.379 e. The summed E-state index contributed by atoms with van der Waals surface area (Å²) in [4.78, 5) is 35.9. The molecule has 5 rings (SSSR count). The second-order valence-corrected chi connectivity index (χ2v) is 10.9. The van der Waals surface area contributed by atoms with Crippen LogP contribution in [0.15, 0.2) is 28.0 Å². The van der Waals surface area contributed by atoms with Crippen molar-refractivity contribution in [2.75, 3.05) is 57.9 Å². The number of morpholine rings is 1. The molecule has 1 amide bonds. The molecule has 3 aliphatic rings. The number of aryl methyl sites for hydroxylation is 1. The summed E-state index contributed by atoms with van der Waals surface area (Å²) in [6.07, 6.45) is 6.17. The van der Waals surface area contributed by atoms with Gasteiger partial charge in [0.2, 0.25) is 0 Å². The van der Waals surface area contributed by atoms with Gasteiger partial charge in [0.25, 0.3) is 11.5 Å². The number of carbonyl (C=O) groups is 1. The Balaban J connectivity index is 1.40. The van der Waals surface area contributed by atoms with Crippen LogP contribution in [0.3, 0.4) is 0 Å². The maximum atomic E-state index is 13.5. The molecule has 36 heavy (non-hydrogen) atoms. The van der Waals surface area contributed by atoms with Gasteiger partial charge in [-0.15, -0.1) is 0 Å². The molecule has 5 heterocycles. The Morgan fingerprint density at radius 1 is 1.28 bits per heavy atom. The third kappa shape index (κ3) is 5.50. The monoisotopic (exact) mass is 529 g/mol. The highest BCUT2D eigenvalue weighted by molar-refractivity contribution is 8.26. The minimum absolute atomic E-state index is 0.00600. The predicted octanol–water partition coefficient (Wildman–Crippen LogP) is 2.52. The zero-order chi connectivity index (χ0) is 25.1. The molecule has 1 atom stereocenters. The number of nitrogens with zero attached hydrogens (tertiary/aromatic N) is 4. The first-order valence-electron chi connectivity index (χ1n) is 12.4. The summed E-state index contributed by atoms with van der Waals surface area (Å²) in [5, 5.41) is 3.37. The van der Waals surface area contributed by atoms with Gasteiger partial charge in [-0.3, -0.25) is 23.8 Å². The van der Waals surface area contributed by atoms with Crippen molar-refractivity contribution in [3.05, 3.63) is 44.7 Å². The molecule has 0 radical (unpaired) electrons. The molecule has 3 saturated heterocycles. The summed E-state index contributed by atoms with van der Waals surface area (Å²) in [6.45, 7) is 8.11. The molecular weight excluding hydrogens is 498 g/mol. The molecule has 3 aliphatic heterocycles. The molecule has 0 bridgehead atoms. The molecule has 3 fully saturated rings. The van der Waals surface area contributed by atoms with Crippen molar-refractivity contribution >= 4 is 51.7 Å². The number of thioether (sulfide) groups is 1. The number of aromatic nitrogens is 2. The first-order chi connectivity index (χ1) is 17.5. The Kier molecular flexibility index (Phi) is 8.02. The van der Waals surface area contributed by atoms with E-state index in [1.54, 1.807) is 17.2 Å². The van der Waals surface area contributed by atoms with Crippen LogP contribution in [-0.4, -0.2) is 88.1 Å². The molecule has 2 aromatic heterocycles. The Hall–Kier alpha value is -2.31. The quantitative estimate of drug-likeness (QED) is 0.315. The van der Waals surface area contributed by atoms with E-state index in [4.69, 9.17) is 26.7 Å². The number of rotatable bonds is 8. The van der Waals surface area contributed by atoms with Crippen LogP contribution in [0.2, 0.25) is 0 Å². The first-order valence-corrected chi connectivity index (χ1v) is 13.7. The number of hydrogen-bond donors (Lipinski definition) is 1. The zero-order valence-corrected chi connectivity index (χ0v) is 22.0. The van der Waals surface area contributed by atoms with E-state index in [-0.39, 0.29) is 17.6 Å². The van der Waals surface area contributed by atoms with E-state index in [0.717, 1.165) is 64.3 Å². The van der Waals surface area contributed by atoms with E-state index in [2.05, 4.69) is 10.2 Å². The van der Waals surface area contributed by atoms with Gasteiger partial charge in [0, 0.05) is 32.4 Å². The molecule has 0 aromatic carbocycles. The lowest BCUT2D eigenvalue weighted by Crippen LogP contribution is -2.37. The second kappa shape index (κ2) is 11.4. The first kappa shape index (κ1) is 25.3. The zero-order valence-electron chi connectivity index (χ0n) is 20.4. The van der Waals surface area contributed by atoms with Crippen molar-refractivity contribution in [2.24, 2.45) is 0 Å². The number of ether oxygens (including phenoxy) is 2. The molecule has 1 N–H and O–H groups in total. The van der Waals surface area contributed by atoms with Gasteiger partial charge >= 0.3 is 0 Å². The van der Waals surface area contributed by atoms with E-state index < -0.39 is 0 Å². The predicted molar refractivity (Wildman–Crippen MR) is 145 cm³/mol. The molecule has 2 aromatic rings. The lowest BCUT2D eigenvalue weighted by molar-refractivity contribution is -0.123. The van der Waals surface area contributed by atoms with Crippen LogP contribution in [0.1, 0.15) is 30.4 Å². The molecule has 0 aliphatic carbocycles. The lowest BCUT2D eigenvalue weighted by Gasteiger charge is -2.26. The number of pyridine rings is 1. The normalized spacial score (nSPS) is 22.3. The van der Waals surface area contributed by atoms with Crippen LogP contribution in [-0.2, 0) is 14.3 Å². The standard InChI is InChI=1S/C25H31N5O4S2/c1-17-5-2-9-29-22(17)27-21(26-7-4-8-28-10-13-33-14-11-28)19(23(29)31)15-20-24(32)30(25(35)36-20)16-18-6-3-12-34-18/h2,5,9,15,18,26H,3-4,6-8,10-14,16H2,1H3/b20-15-/t18-/m0/s1.